The topological polar surface area (TPSA) is 65.0 Å². The van der Waals surface area contributed by atoms with Gasteiger partial charge in [-0.1, -0.05) is 36.4 Å². The molecule has 0 aliphatic carbocycles. The fourth-order valence-electron chi connectivity index (χ4n) is 4.16. The average molecular weight is 388 g/mol. The standard InChI is InChI=1S/C22H33N3O3/c1-3-5-17-6-8-18(9-7-17)22-19(23-20(22)16-26)14-25(4-2)21(27)15-24-10-12-28-13-11-24/h3,5-9,19-20,22-23,26H,4,10-16H2,1-2H3/b5-3+/t19-,20-,22-/m0/s1. The Hall–Kier alpha value is -1.73. The van der Waals surface area contributed by atoms with E-state index in [9.17, 15) is 9.90 Å². The zero-order chi connectivity index (χ0) is 19.9. The molecule has 2 saturated heterocycles. The summed E-state index contributed by atoms with van der Waals surface area (Å²) < 4.78 is 5.37. The van der Waals surface area contributed by atoms with Crippen molar-refractivity contribution in [1.82, 2.24) is 15.1 Å². The third kappa shape index (κ3) is 5.00. The Morgan fingerprint density at radius 2 is 2.00 bits per heavy atom. The summed E-state index contributed by atoms with van der Waals surface area (Å²) in [6.45, 7) is 8.99. The predicted molar refractivity (Wildman–Crippen MR) is 111 cm³/mol. The van der Waals surface area contributed by atoms with E-state index in [2.05, 4.69) is 40.6 Å². The molecule has 6 heteroatoms. The van der Waals surface area contributed by atoms with Crippen molar-refractivity contribution in [2.75, 3.05) is 52.5 Å². The molecular formula is C22H33N3O3. The Labute approximate surface area is 168 Å². The molecular weight excluding hydrogens is 354 g/mol. The number of carbonyl (C=O) groups excluding carboxylic acids is 1. The van der Waals surface area contributed by atoms with Gasteiger partial charge in [-0.05, 0) is 25.0 Å². The highest BCUT2D eigenvalue weighted by Crippen LogP contribution is 2.33. The molecule has 2 aliphatic rings. The molecule has 0 radical (unpaired) electrons. The third-order valence-corrected chi connectivity index (χ3v) is 5.79. The van der Waals surface area contributed by atoms with Crippen LogP contribution < -0.4 is 5.32 Å². The minimum absolute atomic E-state index is 0.0469. The van der Waals surface area contributed by atoms with Crippen molar-refractivity contribution in [1.29, 1.82) is 0 Å². The minimum Gasteiger partial charge on any atom is -0.395 e. The molecule has 0 spiro atoms. The van der Waals surface area contributed by atoms with Crippen LogP contribution in [0.2, 0.25) is 0 Å². The van der Waals surface area contributed by atoms with Gasteiger partial charge in [0, 0.05) is 44.2 Å². The normalized spacial score (nSPS) is 25.6. The van der Waals surface area contributed by atoms with E-state index in [4.69, 9.17) is 4.74 Å². The van der Waals surface area contributed by atoms with E-state index >= 15 is 0 Å². The van der Waals surface area contributed by atoms with Crippen LogP contribution in [0, 0.1) is 0 Å². The monoisotopic (exact) mass is 387 g/mol. The highest BCUT2D eigenvalue weighted by Gasteiger charge is 2.42. The van der Waals surface area contributed by atoms with Crippen molar-refractivity contribution >= 4 is 12.0 Å². The lowest BCUT2D eigenvalue weighted by Crippen LogP contribution is -2.65. The maximum Gasteiger partial charge on any atom is 0.236 e. The molecule has 1 aromatic carbocycles. The second kappa shape index (κ2) is 10.2. The third-order valence-electron chi connectivity index (χ3n) is 5.79. The Bertz CT molecular complexity index is 655. The maximum atomic E-state index is 12.8. The summed E-state index contributed by atoms with van der Waals surface area (Å²) in [5.41, 5.74) is 2.39. The number of nitrogens with zero attached hydrogens (tertiary/aromatic N) is 2. The highest BCUT2D eigenvalue weighted by atomic mass is 16.5. The van der Waals surface area contributed by atoms with Crippen LogP contribution in [-0.4, -0.2) is 85.4 Å². The van der Waals surface area contributed by atoms with E-state index in [1.54, 1.807) is 0 Å². The Balaban J connectivity index is 1.62. The zero-order valence-electron chi connectivity index (χ0n) is 17.0. The SMILES string of the molecule is C/C=C/c1ccc([C@@H]2[C@H](CO)N[C@H]2CN(CC)C(=O)CN2CCOCC2)cc1. The van der Waals surface area contributed by atoms with Gasteiger partial charge in [-0.15, -0.1) is 0 Å². The summed E-state index contributed by atoms with van der Waals surface area (Å²) >= 11 is 0. The lowest BCUT2D eigenvalue weighted by molar-refractivity contribution is -0.134. The summed E-state index contributed by atoms with van der Waals surface area (Å²) in [5.74, 6) is 0.385. The first-order valence-electron chi connectivity index (χ1n) is 10.3. The number of benzene rings is 1. The number of allylic oxidation sites excluding steroid dienone is 1. The van der Waals surface area contributed by atoms with Crippen molar-refractivity contribution in [3.63, 3.8) is 0 Å². The van der Waals surface area contributed by atoms with Crippen LogP contribution in [0.4, 0.5) is 0 Å². The average Bonchev–Trinajstić information content (AvgIpc) is 2.70. The van der Waals surface area contributed by atoms with Crippen molar-refractivity contribution in [2.24, 2.45) is 0 Å². The van der Waals surface area contributed by atoms with E-state index in [-0.39, 0.29) is 30.5 Å². The van der Waals surface area contributed by atoms with Crippen LogP contribution in [0.5, 0.6) is 0 Å². The van der Waals surface area contributed by atoms with Crippen LogP contribution in [-0.2, 0) is 9.53 Å². The van der Waals surface area contributed by atoms with Crippen molar-refractivity contribution in [3.05, 3.63) is 41.5 Å². The molecule has 0 bridgehead atoms. The molecule has 0 unspecified atom stereocenters. The van der Waals surface area contributed by atoms with Gasteiger partial charge >= 0.3 is 0 Å². The number of hydrogen-bond donors (Lipinski definition) is 2. The maximum absolute atomic E-state index is 12.8. The summed E-state index contributed by atoms with van der Waals surface area (Å²) in [6.07, 6.45) is 4.10. The molecule has 2 fully saturated rings. The molecule has 154 valence electrons. The van der Waals surface area contributed by atoms with Crippen LogP contribution in [0.25, 0.3) is 6.08 Å². The largest absolute Gasteiger partial charge is 0.395 e. The van der Waals surface area contributed by atoms with Crippen LogP contribution in [0.15, 0.2) is 30.3 Å². The molecule has 0 saturated carbocycles. The van der Waals surface area contributed by atoms with Crippen LogP contribution in [0.1, 0.15) is 30.9 Å². The Morgan fingerprint density at radius 3 is 2.61 bits per heavy atom. The molecule has 0 aromatic heterocycles. The number of amides is 1. The summed E-state index contributed by atoms with van der Waals surface area (Å²) in [6, 6.07) is 8.72. The van der Waals surface area contributed by atoms with Crippen molar-refractivity contribution in [2.45, 2.75) is 31.8 Å². The molecule has 2 aliphatic heterocycles. The number of nitrogens with one attached hydrogen (secondary N) is 1. The summed E-state index contributed by atoms with van der Waals surface area (Å²) in [7, 11) is 0. The second-order valence-electron chi connectivity index (χ2n) is 7.58. The summed E-state index contributed by atoms with van der Waals surface area (Å²) in [4.78, 5) is 16.9. The van der Waals surface area contributed by atoms with Crippen molar-refractivity contribution < 1.29 is 14.6 Å². The van der Waals surface area contributed by atoms with Gasteiger partial charge in [0.1, 0.15) is 0 Å². The number of morpholine rings is 1. The predicted octanol–water partition coefficient (Wildman–Crippen LogP) is 1.32. The molecule has 1 amide bonds. The van der Waals surface area contributed by atoms with E-state index < -0.39 is 0 Å². The van der Waals surface area contributed by atoms with Gasteiger partial charge in [0.15, 0.2) is 0 Å². The van der Waals surface area contributed by atoms with Gasteiger partial charge in [-0.25, -0.2) is 0 Å². The van der Waals surface area contributed by atoms with Crippen molar-refractivity contribution in [3.8, 4) is 0 Å². The molecule has 6 nitrogen and oxygen atoms in total. The fourth-order valence-corrected chi connectivity index (χ4v) is 4.16. The number of likely N-dealkylation sites (N-methyl/N-ethyl adjacent to an activating group) is 1. The first-order chi connectivity index (χ1) is 13.7. The number of hydrogen-bond acceptors (Lipinski definition) is 5. The molecule has 3 rings (SSSR count). The van der Waals surface area contributed by atoms with Gasteiger partial charge < -0.3 is 20.1 Å². The van der Waals surface area contributed by atoms with E-state index in [1.165, 1.54) is 11.1 Å². The smallest absolute Gasteiger partial charge is 0.236 e. The van der Waals surface area contributed by atoms with Gasteiger partial charge in [0.05, 0.1) is 26.4 Å². The van der Waals surface area contributed by atoms with Gasteiger partial charge in [0.2, 0.25) is 5.91 Å². The first-order valence-corrected chi connectivity index (χ1v) is 10.3. The summed E-state index contributed by atoms with van der Waals surface area (Å²) in [5, 5.41) is 13.2. The lowest BCUT2D eigenvalue weighted by atomic mass is 9.77. The second-order valence-corrected chi connectivity index (χ2v) is 7.58. The number of rotatable bonds is 8. The van der Waals surface area contributed by atoms with E-state index in [0.29, 0.717) is 32.8 Å². The molecule has 28 heavy (non-hydrogen) atoms. The fraction of sp³-hybridized carbons (Fsp3) is 0.591. The van der Waals surface area contributed by atoms with Gasteiger partial charge in [-0.2, -0.15) is 0 Å². The Kier molecular flexibility index (Phi) is 7.62. The number of ether oxygens (including phenoxy) is 1. The van der Waals surface area contributed by atoms with Gasteiger partial charge in [-0.3, -0.25) is 9.69 Å². The molecule has 1 aromatic rings. The highest BCUT2D eigenvalue weighted by molar-refractivity contribution is 5.78. The number of aliphatic hydroxyl groups is 1. The number of aliphatic hydroxyl groups excluding tert-OH is 1. The van der Waals surface area contributed by atoms with Crippen LogP contribution in [0.3, 0.4) is 0 Å². The first kappa shape index (κ1) is 21.0. The molecule has 3 atom stereocenters. The van der Waals surface area contributed by atoms with E-state index in [0.717, 1.165) is 13.1 Å². The lowest BCUT2D eigenvalue weighted by Gasteiger charge is -2.47. The quantitative estimate of drug-likeness (QED) is 0.704. The van der Waals surface area contributed by atoms with Gasteiger partial charge in [0.25, 0.3) is 0 Å². The van der Waals surface area contributed by atoms with Crippen LogP contribution >= 0.6 is 0 Å². The number of carbonyl (C=O) groups is 1. The van der Waals surface area contributed by atoms with E-state index in [1.807, 2.05) is 24.8 Å². The Morgan fingerprint density at radius 1 is 1.29 bits per heavy atom. The molecule has 2 N–H and O–H groups in total. The zero-order valence-corrected chi connectivity index (χ0v) is 17.0. The molecule has 2 heterocycles. The minimum atomic E-state index is 0.0469.